The van der Waals surface area contributed by atoms with Crippen molar-refractivity contribution in [1.82, 2.24) is 0 Å². The number of hydrogen-bond donors (Lipinski definition) is 1. The second-order valence-electron chi connectivity index (χ2n) is 4.69. The summed E-state index contributed by atoms with van der Waals surface area (Å²) in [7, 11) is 0. The van der Waals surface area contributed by atoms with Crippen LogP contribution in [0.4, 0.5) is 5.69 Å². The molecule has 0 amide bonds. The minimum atomic E-state index is 0.737. The fourth-order valence-corrected chi connectivity index (χ4v) is 2.50. The van der Waals surface area contributed by atoms with E-state index in [2.05, 4.69) is 34.8 Å². The lowest BCUT2D eigenvalue weighted by Crippen LogP contribution is -2.13. The number of nitrogens with one attached hydrogen (secondary N) is 1. The molecule has 0 saturated carbocycles. The maximum atomic E-state index is 5.86. The van der Waals surface area contributed by atoms with Crippen molar-refractivity contribution < 1.29 is 0 Å². The molecule has 0 radical (unpaired) electrons. The molecule has 0 spiro atoms. The first-order valence-electron chi connectivity index (χ1n) is 6.49. The van der Waals surface area contributed by atoms with E-state index in [0.29, 0.717) is 0 Å². The van der Waals surface area contributed by atoms with Crippen LogP contribution >= 0.6 is 11.6 Å². The molecule has 0 unspecified atom stereocenters. The average Bonchev–Trinajstić information content (AvgIpc) is 2.47. The Kier molecular flexibility index (Phi) is 3.51. The van der Waals surface area contributed by atoms with Gasteiger partial charge in [0, 0.05) is 10.6 Å². The van der Waals surface area contributed by atoms with Gasteiger partial charge in [0.15, 0.2) is 0 Å². The van der Waals surface area contributed by atoms with Crippen LogP contribution in [0.15, 0.2) is 53.6 Å². The van der Waals surface area contributed by atoms with Crippen LogP contribution in [0.1, 0.15) is 24.0 Å². The second kappa shape index (κ2) is 5.45. The number of hydrogen-bond acceptors (Lipinski definition) is 2. The van der Waals surface area contributed by atoms with Crippen LogP contribution in [0, 0.1) is 0 Å². The quantitative estimate of drug-likeness (QED) is 0.799. The smallest absolute Gasteiger partial charge is 0.0682 e. The molecule has 0 saturated heterocycles. The number of hydrazone groups is 1. The van der Waals surface area contributed by atoms with Gasteiger partial charge in [0.05, 0.1) is 11.4 Å². The minimum absolute atomic E-state index is 0.737. The van der Waals surface area contributed by atoms with Crippen molar-refractivity contribution in [2.24, 2.45) is 5.10 Å². The predicted molar refractivity (Wildman–Crippen MR) is 81.0 cm³/mol. The zero-order chi connectivity index (χ0) is 13.1. The van der Waals surface area contributed by atoms with Crippen molar-refractivity contribution in [2.45, 2.75) is 19.3 Å². The van der Waals surface area contributed by atoms with Crippen LogP contribution < -0.4 is 5.43 Å². The zero-order valence-corrected chi connectivity index (χ0v) is 11.3. The van der Waals surface area contributed by atoms with Crippen LogP contribution in [0.3, 0.4) is 0 Å². The number of benzene rings is 2. The largest absolute Gasteiger partial charge is 0.278 e. The first-order chi connectivity index (χ1) is 9.33. The van der Waals surface area contributed by atoms with Crippen molar-refractivity contribution in [2.75, 3.05) is 5.43 Å². The van der Waals surface area contributed by atoms with Gasteiger partial charge in [-0.05, 0) is 49.1 Å². The van der Waals surface area contributed by atoms with Gasteiger partial charge in [-0.1, -0.05) is 35.9 Å². The molecule has 2 nitrogen and oxygen atoms in total. The van der Waals surface area contributed by atoms with Crippen molar-refractivity contribution in [3.63, 3.8) is 0 Å². The van der Waals surface area contributed by atoms with E-state index >= 15 is 0 Å². The summed E-state index contributed by atoms with van der Waals surface area (Å²) in [4.78, 5) is 0. The summed E-state index contributed by atoms with van der Waals surface area (Å²) in [6.07, 6.45) is 3.34. The van der Waals surface area contributed by atoms with Gasteiger partial charge in [-0.25, -0.2) is 0 Å². The van der Waals surface area contributed by atoms with Crippen molar-refractivity contribution >= 4 is 23.0 Å². The van der Waals surface area contributed by atoms with Crippen LogP contribution in [0.2, 0.25) is 5.02 Å². The molecule has 0 atom stereocenters. The van der Waals surface area contributed by atoms with E-state index in [9.17, 15) is 0 Å². The summed E-state index contributed by atoms with van der Waals surface area (Å²) >= 11 is 5.86. The highest BCUT2D eigenvalue weighted by Gasteiger charge is 2.14. The standard InChI is InChI=1S/C16H15ClN2/c17-13-8-10-14(11-9-13)18-19-16-7-3-5-12-4-1-2-6-15(12)16/h1-2,4,6,8-11,18H,3,5,7H2. The maximum absolute atomic E-state index is 5.86. The van der Waals surface area contributed by atoms with Gasteiger partial charge >= 0.3 is 0 Å². The molecule has 1 N–H and O–H groups in total. The van der Waals surface area contributed by atoms with E-state index in [4.69, 9.17) is 11.6 Å². The number of aryl methyl sites for hydroxylation is 1. The molecular weight excluding hydrogens is 256 g/mol. The highest BCUT2D eigenvalue weighted by Crippen LogP contribution is 2.22. The van der Waals surface area contributed by atoms with Crippen molar-refractivity contribution in [3.05, 3.63) is 64.7 Å². The lowest BCUT2D eigenvalue weighted by Gasteiger charge is -2.17. The highest BCUT2D eigenvalue weighted by molar-refractivity contribution is 6.30. The third-order valence-electron chi connectivity index (χ3n) is 3.35. The Bertz CT molecular complexity index is 602. The van der Waals surface area contributed by atoms with Crippen LogP contribution in [0.25, 0.3) is 0 Å². The lowest BCUT2D eigenvalue weighted by atomic mass is 9.90. The average molecular weight is 271 g/mol. The molecule has 1 aliphatic carbocycles. The normalized spacial score (nSPS) is 16.2. The number of halogens is 1. The Morgan fingerprint density at radius 2 is 1.74 bits per heavy atom. The number of fused-ring (bicyclic) bond motifs is 1. The maximum Gasteiger partial charge on any atom is 0.0682 e. The molecule has 0 heterocycles. The van der Waals surface area contributed by atoms with E-state index < -0.39 is 0 Å². The zero-order valence-electron chi connectivity index (χ0n) is 10.6. The molecule has 3 heteroatoms. The van der Waals surface area contributed by atoms with Crippen LogP contribution in [-0.4, -0.2) is 5.71 Å². The van der Waals surface area contributed by atoms with Gasteiger partial charge in [-0.15, -0.1) is 0 Å². The molecule has 0 aliphatic heterocycles. The summed E-state index contributed by atoms with van der Waals surface area (Å²) in [5, 5.41) is 5.29. The summed E-state index contributed by atoms with van der Waals surface area (Å²) in [5.41, 5.74) is 7.87. The molecule has 2 aromatic rings. The predicted octanol–water partition coefficient (Wildman–Crippen LogP) is 4.49. The number of nitrogens with zero attached hydrogens (tertiary/aromatic N) is 1. The molecule has 1 aliphatic rings. The number of rotatable bonds is 2. The molecular formula is C16H15ClN2. The monoisotopic (exact) mass is 270 g/mol. The number of anilines is 1. The Morgan fingerprint density at radius 1 is 0.947 bits per heavy atom. The van der Waals surface area contributed by atoms with E-state index in [1.807, 2.05) is 24.3 Å². The topological polar surface area (TPSA) is 24.4 Å². The summed E-state index contributed by atoms with van der Waals surface area (Å²) in [5.74, 6) is 0. The summed E-state index contributed by atoms with van der Waals surface area (Å²) in [6.45, 7) is 0. The van der Waals surface area contributed by atoms with Crippen molar-refractivity contribution in [3.8, 4) is 0 Å². The van der Waals surface area contributed by atoms with Gasteiger partial charge in [0.1, 0.15) is 0 Å². The van der Waals surface area contributed by atoms with Gasteiger partial charge in [0.25, 0.3) is 0 Å². The Labute approximate surface area is 118 Å². The second-order valence-corrected chi connectivity index (χ2v) is 5.12. The first-order valence-corrected chi connectivity index (χ1v) is 6.87. The SMILES string of the molecule is Clc1ccc(NN=C2CCCc3ccccc32)cc1. The van der Waals surface area contributed by atoms with Gasteiger partial charge < -0.3 is 0 Å². The fraction of sp³-hybridized carbons (Fsp3) is 0.188. The van der Waals surface area contributed by atoms with E-state index in [1.54, 1.807) is 0 Å². The third kappa shape index (κ3) is 2.79. The minimum Gasteiger partial charge on any atom is -0.278 e. The molecule has 2 aromatic carbocycles. The first kappa shape index (κ1) is 12.2. The fourth-order valence-electron chi connectivity index (χ4n) is 2.37. The Morgan fingerprint density at radius 3 is 2.58 bits per heavy atom. The highest BCUT2D eigenvalue weighted by atomic mass is 35.5. The van der Waals surface area contributed by atoms with E-state index in [1.165, 1.54) is 11.1 Å². The third-order valence-corrected chi connectivity index (χ3v) is 3.60. The van der Waals surface area contributed by atoms with E-state index in [0.717, 1.165) is 35.7 Å². The molecule has 96 valence electrons. The Balaban J connectivity index is 1.83. The van der Waals surface area contributed by atoms with Gasteiger partial charge in [-0.3, -0.25) is 5.43 Å². The van der Waals surface area contributed by atoms with E-state index in [-0.39, 0.29) is 0 Å². The van der Waals surface area contributed by atoms with Gasteiger partial charge in [0.2, 0.25) is 0 Å². The molecule has 0 bridgehead atoms. The van der Waals surface area contributed by atoms with Crippen LogP contribution in [0.5, 0.6) is 0 Å². The molecule has 19 heavy (non-hydrogen) atoms. The molecule has 0 fully saturated rings. The molecule has 3 rings (SSSR count). The van der Waals surface area contributed by atoms with Gasteiger partial charge in [-0.2, -0.15) is 5.10 Å². The lowest BCUT2D eigenvalue weighted by molar-refractivity contribution is 0.837. The Hall–Kier alpha value is -1.80. The van der Waals surface area contributed by atoms with Crippen molar-refractivity contribution in [1.29, 1.82) is 0 Å². The summed E-state index contributed by atoms with van der Waals surface area (Å²) < 4.78 is 0. The molecule has 0 aromatic heterocycles. The summed E-state index contributed by atoms with van der Waals surface area (Å²) in [6, 6.07) is 16.1. The van der Waals surface area contributed by atoms with Crippen LogP contribution in [-0.2, 0) is 6.42 Å².